The quantitative estimate of drug-likeness (QED) is 0.805. The molecule has 7 nitrogen and oxygen atoms in total. The standard InChI is InChI=1S/C17H21FN4O3S/c1-12-16(13(2)20(3)19-12)17(23)21-8-10-22(11-9-21)26(24,25)15-7-5-4-6-14(15)18/h4-7H,8-11H2,1-3H3. The number of hydrogen-bond donors (Lipinski definition) is 0. The van der Waals surface area contributed by atoms with Crippen LogP contribution in [-0.2, 0) is 17.1 Å². The third-order valence-electron chi connectivity index (χ3n) is 4.70. The molecule has 0 bridgehead atoms. The summed E-state index contributed by atoms with van der Waals surface area (Å²) in [6.45, 7) is 4.35. The largest absolute Gasteiger partial charge is 0.336 e. The molecule has 1 fully saturated rings. The van der Waals surface area contributed by atoms with E-state index in [0.29, 0.717) is 11.3 Å². The maximum Gasteiger partial charge on any atom is 0.257 e. The van der Waals surface area contributed by atoms with Gasteiger partial charge in [-0.05, 0) is 26.0 Å². The molecule has 3 rings (SSSR count). The number of piperazine rings is 1. The van der Waals surface area contributed by atoms with Gasteiger partial charge in [-0.3, -0.25) is 9.48 Å². The van der Waals surface area contributed by atoms with Gasteiger partial charge in [-0.2, -0.15) is 9.40 Å². The molecule has 1 aromatic heterocycles. The minimum Gasteiger partial charge on any atom is -0.336 e. The maximum atomic E-state index is 13.9. The van der Waals surface area contributed by atoms with Crippen LogP contribution in [0.3, 0.4) is 0 Å². The summed E-state index contributed by atoms with van der Waals surface area (Å²) in [6, 6.07) is 5.32. The molecule has 2 heterocycles. The van der Waals surface area contributed by atoms with Gasteiger partial charge in [0.1, 0.15) is 10.7 Å². The molecule has 0 saturated carbocycles. The van der Waals surface area contributed by atoms with Crippen LogP contribution in [0.15, 0.2) is 29.2 Å². The van der Waals surface area contributed by atoms with Crippen LogP contribution in [0.2, 0.25) is 0 Å². The lowest BCUT2D eigenvalue weighted by molar-refractivity contribution is 0.0696. The zero-order chi connectivity index (χ0) is 19.1. The van der Waals surface area contributed by atoms with Crippen molar-refractivity contribution in [1.29, 1.82) is 0 Å². The number of benzene rings is 1. The second-order valence-electron chi connectivity index (χ2n) is 6.30. The van der Waals surface area contributed by atoms with Gasteiger partial charge in [0, 0.05) is 38.9 Å². The minimum absolute atomic E-state index is 0.126. The van der Waals surface area contributed by atoms with Gasteiger partial charge in [0.05, 0.1) is 11.3 Å². The van der Waals surface area contributed by atoms with E-state index >= 15 is 0 Å². The number of aryl methyl sites for hydroxylation is 2. The van der Waals surface area contributed by atoms with E-state index in [0.717, 1.165) is 11.8 Å². The number of carbonyl (C=O) groups is 1. The Kier molecular flexibility index (Phi) is 4.85. The Bertz CT molecular complexity index is 947. The summed E-state index contributed by atoms with van der Waals surface area (Å²) in [4.78, 5) is 14.1. The van der Waals surface area contributed by atoms with Crippen molar-refractivity contribution in [2.45, 2.75) is 18.7 Å². The number of sulfonamides is 1. The van der Waals surface area contributed by atoms with E-state index in [1.807, 2.05) is 6.92 Å². The van der Waals surface area contributed by atoms with Crippen LogP contribution < -0.4 is 0 Å². The van der Waals surface area contributed by atoms with Crippen molar-refractivity contribution in [3.8, 4) is 0 Å². The van der Waals surface area contributed by atoms with E-state index in [9.17, 15) is 17.6 Å². The number of hydrogen-bond acceptors (Lipinski definition) is 4. The Labute approximate surface area is 152 Å². The maximum absolute atomic E-state index is 13.9. The van der Waals surface area contributed by atoms with Gasteiger partial charge in [0.25, 0.3) is 5.91 Å². The zero-order valence-corrected chi connectivity index (χ0v) is 15.8. The van der Waals surface area contributed by atoms with Gasteiger partial charge in [0.15, 0.2) is 0 Å². The van der Waals surface area contributed by atoms with Crippen LogP contribution in [0.5, 0.6) is 0 Å². The van der Waals surface area contributed by atoms with E-state index in [1.165, 1.54) is 22.5 Å². The molecule has 140 valence electrons. The molecule has 9 heteroatoms. The second-order valence-corrected chi connectivity index (χ2v) is 8.20. The SMILES string of the molecule is Cc1nn(C)c(C)c1C(=O)N1CCN(S(=O)(=O)c2ccccc2F)CC1. The topological polar surface area (TPSA) is 75.5 Å². The smallest absolute Gasteiger partial charge is 0.257 e. The lowest BCUT2D eigenvalue weighted by Crippen LogP contribution is -2.50. The minimum atomic E-state index is -3.91. The summed E-state index contributed by atoms with van der Waals surface area (Å²) in [7, 11) is -2.14. The fourth-order valence-corrected chi connectivity index (χ4v) is 4.65. The van der Waals surface area contributed by atoms with Gasteiger partial charge in [-0.25, -0.2) is 12.8 Å². The van der Waals surface area contributed by atoms with Crippen molar-refractivity contribution in [2.75, 3.05) is 26.2 Å². The van der Waals surface area contributed by atoms with Crippen molar-refractivity contribution in [3.05, 3.63) is 47.0 Å². The van der Waals surface area contributed by atoms with E-state index in [2.05, 4.69) is 5.10 Å². The molecule has 26 heavy (non-hydrogen) atoms. The number of rotatable bonds is 3. The summed E-state index contributed by atoms with van der Waals surface area (Å²) in [5.74, 6) is -0.927. The highest BCUT2D eigenvalue weighted by molar-refractivity contribution is 7.89. The molecule has 1 aliphatic rings. The van der Waals surface area contributed by atoms with Crippen LogP contribution >= 0.6 is 0 Å². The van der Waals surface area contributed by atoms with Crippen LogP contribution in [-0.4, -0.2) is 59.5 Å². The van der Waals surface area contributed by atoms with Crippen LogP contribution in [0.4, 0.5) is 4.39 Å². The first kappa shape index (κ1) is 18.5. The van der Waals surface area contributed by atoms with Gasteiger partial charge >= 0.3 is 0 Å². The highest BCUT2D eigenvalue weighted by atomic mass is 32.2. The van der Waals surface area contributed by atoms with E-state index in [4.69, 9.17) is 0 Å². The fraction of sp³-hybridized carbons (Fsp3) is 0.412. The van der Waals surface area contributed by atoms with Crippen LogP contribution in [0.1, 0.15) is 21.7 Å². The summed E-state index contributed by atoms with van der Waals surface area (Å²) in [6.07, 6.45) is 0. The lowest BCUT2D eigenvalue weighted by atomic mass is 10.1. The summed E-state index contributed by atoms with van der Waals surface area (Å²) >= 11 is 0. The Morgan fingerprint density at radius 2 is 1.73 bits per heavy atom. The molecule has 0 N–H and O–H groups in total. The number of nitrogens with zero attached hydrogens (tertiary/aromatic N) is 4. The molecule has 1 aromatic carbocycles. The molecular formula is C17H21FN4O3S. The highest BCUT2D eigenvalue weighted by Crippen LogP contribution is 2.22. The molecule has 2 aromatic rings. The number of aromatic nitrogens is 2. The van der Waals surface area contributed by atoms with Crippen molar-refractivity contribution in [2.24, 2.45) is 7.05 Å². The van der Waals surface area contributed by atoms with Crippen molar-refractivity contribution in [3.63, 3.8) is 0 Å². The van der Waals surface area contributed by atoms with Crippen molar-refractivity contribution >= 4 is 15.9 Å². The number of carbonyl (C=O) groups excluding carboxylic acids is 1. The van der Waals surface area contributed by atoms with Gasteiger partial charge < -0.3 is 4.90 Å². The van der Waals surface area contributed by atoms with Crippen molar-refractivity contribution in [1.82, 2.24) is 19.0 Å². The third kappa shape index (κ3) is 3.12. The molecule has 0 unspecified atom stereocenters. The number of halogens is 1. The molecule has 0 radical (unpaired) electrons. The molecule has 0 atom stereocenters. The van der Waals surface area contributed by atoms with E-state index < -0.39 is 15.8 Å². The summed E-state index contributed by atoms with van der Waals surface area (Å²) in [5, 5.41) is 4.25. The Morgan fingerprint density at radius 3 is 2.27 bits per heavy atom. The first-order valence-electron chi connectivity index (χ1n) is 8.27. The monoisotopic (exact) mass is 380 g/mol. The molecule has 1 saturated heterocycles. The lowest BCUT2D eigenvalue weighted by Gasteiger charge is -2.34. The molecule has 1 aliphatic heterocycles. The zero-order valence-electron chi connectivity index (χ0n) is 14.9. The Hall–Kier alpha value is -2.26. The normalized spacial score (nSPS) is 16.1. The Balaban J connectivity index is 1.75. The molecule has 0 spiro atoms. The fourth-order valence-electron chi connectivity index (χ4n) is 3.17. The molecule has 0 aliphatic carbocycles. The summed E-state index contributed by atoms with van der Waals surface area (Å²) < 4.78 is 42.0. The van der Waals surface area contributed by atoms with E-state index in [-0.39, 0.29) is 37.0 Å². The Morgan fingerprint density at radius 1 is 1.12 bits per heavy atom. The molecular weight excluding hydrogens is 359 g/mol. The van der Waals surface area contributed by atoms with Crippen LogP contribution in [0, 0.1) is 19.7 Å². The summed E-state index contributed by atoms with van der Waals surface area (Å²) in [5.41, 5.74) is 1.98. The van der Waals surface area contributed by atoms with E-state index in [1.54, 1.807) is 23.6 Å². The van der Waals surface area contributed by atoms with Gasteiger partial charge in [0.2, 0.25) is 10.0 Å². The number of amides is 1. The van der Waals surface area contributed by atoms with Crippen LogP contribution in [0.25, 0.3) is 0 Å². The molecule has 1 amide bonds. The average Bonchev–Trinajstić information content (AvgIpc) is 2.87. The van der Waals surface area contributed by atoms with Gasteiger partial charge in [-0.1, -0.05) is 12.1 Å². The van der Waals surface area contributed by atoms with Crippen molar-refractivity contribution < 1.29 is 17.6 Å². The highest BCUT2D eigenvalue weighted by Gasteiger charge is 2.33. The first-order chi connectivity index (χ1) is 12.2. The average molecular weight is 380 g/mol. The predicted octanol–water partition coefficient (Wildman–Crippen LogP) is 1.32. The first-order valence-corrected chi connectivity index (χ1v) is 9.71. The third-order valence-corrected chi connectivity index (χ3v) is 6.64. The van der Waals surface area contributed by atoms with Gasteiger partial charge in [-0.15, -0.1) is 0 Å². The second kappa shape index (κ2) is 6.81. The predicted molar refractivity (Wildman–Crippen MR) is 93.7 cm³/mol.